The highest BCUT2D eigenvalue weighted by molar-refractivity contribution is 5.91. The largest absolute Gasteiger partial charge is 0.507 e. The standard InChI is InChI=1S/C32H28N2O7/c1-33-11-13-34(14-12-33)28(38)15-21(22-18-40-26-10-6-5-9-20(26)31(22)39)29-23(35)16-24(36)30-25(37)17-27(41-32(29)30)19-7-3-2-4-8-19/h2-10,16-18,21,35-36H,11-15H2,1H3. The van der Waals surface area contributed by atoms with Crippen molar-refractivity contribution < 1.29 is 23.8 Å². The molecule has 5 aromatic rings. The molecule has 1 fully saturated rings. The van der Waals surface area contributed by atoms with Crippen molar-refractivity contribution in [1.82, 2.24) is 9.80 Å². The summed E-state index contributed by atoms with van der Waals surface area (Å²) in [4.78, 5) is 44.6. The third-order valence-electron chi connectivity index (χ3n) is 7.72. The first-order valence-corrected chi connectivity index (χ1v) is 13.4. The number of carbonyl (C=O) groups excluding carboxylic acids is 1. The number of hydrogen-bond acceptors (Lipinski definition) is 8. The first-order chi connectivity index (χ1) is 19.8. The van der Waals surface area contributed by atoms with Crippen LogP contribution in [0.2, 0.25) is 0 Å². The van der Waals surface area contributed by atoms with Crippen LogP contribution in [0.4, 0.5) is 0 Å². The number of hydrogen-bond donors (Lipinski definition) is 2. The summed E-state index contributed by atoms with van der Waals surface area (Å²) in [6.07, 6.45) is 1.10. The van der Waals surface area contributed by atoms with Crippen LogP contribution < -0.4 is 10.9 Å². The lowest BCUT2D eigenvalue weighted by Crippen LogP contribution is -2.47. The van der Waals surface area contributed by atoms with Gasteiger partial charge in [-0.1, -0.05) is 42.5 Å². The Morgan fingerprint density at radius 3 is 2.39 bits per heavy atom. The van der Waals surface area contributed by atoms with E-state index in [1.54, 1.807) is 53.4 Å². The zero-order valence-corrected chi connectivity index (χ0v) is 22.4. The number of benzene rings is 3. The summed E-state index contributed by atoms with van der Waals surface area (Å²) in [5.74, 6) is -1.93. The van der Waals surface area contributed by atoms with Crippen LogP contribution in [0.15, 0.2) is 91.4 Å². The highest BCUT2D eigenvalue weighted by atomic mass is 16.3. The second-order valence-corrected chi connectivity index (χ2v) is 10.3. The van der Waals surface area contributed by atoms with Crippen LogP contribution in [0, 0.1) is 0 Å². The molecule has 6 rings (SSSR count). The first kappa shape index (κ1) is 26.3. The lowest BCUT2D eigenvalue weighted by Gasteiger charge is -2.33. The summed E-state index contributed by atoms with van der Waals surface area (Å²) in [5, 5.41) is 22.1. The molecule has 9 nitrogen and oxygen atoms in total. The smallest absolute Gasteiger partial charge is 0.223 e. The summed E-state index contributed by atoms with van der Waals surface area (Å²) in [6, 6.07) is 18.0. The van der Waals surface area contributed by atoms with Gasteiger partial charge in [-0.2, -0.15) is 0 Å². The van der Waals surface area contributed by atoms with Gasteiger partial charge in [0.15, 0.2) is 10.9 Å². The van der Waals surface area contributed by atoms with E-state index in [1.165, 1.54) is 12.3 Å². The fourth-order valence-corrected chi connectivity index (χ4v) is 5.46. The summed E-state index contributed by atoms with van der Waals surface area (Å²) in [7, 11) is 1.98. The number of amides is 1. The Morgan fingerprint density at radius 1 is 0.927 bits per heavy atom. The molecule has 3 heterocycles. The molecule has 0 bridgehead atoms. The minimum absolute atomic E-state index is 0.0535. The molecule has 0 aliphatic carbocycles. The number of nitrogens with zero attached hydrogens (tertiary/aromatic N) is 2. The van der Waals surface area contributed by atoms with Gasteiger partial charge >= 0.3 is 0 Å². The quantitative estimate of drug-likeness (QED) is 0.331. The molecule has 1 saturated heterocycles. The third-order valence-corrected chi connectivity index (χ3v) is 7.72. The van der Waals surface area contributed by atoms with Crippen molar-refractivity contribution in [3.63, 3.8) is 0 Å². The van der Waals surface area contributed by atoms with E-state index in [9.17, 15) is 24.6 Å². The molecule has 1 amide bonds. The molecule has 9 heteroatoms. The number of rotatable bonds is 5. The molecule has 0 spiro atoms. The Hall–Kier alpha value is -4.89. The lowest BCUT2D eigenvalue weighted by molar-refractivity contribution is -0.133. The van der Waals surface area contributed by atoms with E-state index in [0.717, 1.165) is 6.07 Å². The molecule has 2 aromatic heterocycles. The fraction of sp³-hybridized carbons (Fsp3) is 0.219. The van der Waals surface area contributed by atoms with Crippen LogP contribution in [0.5, 0.6) is 11.5 Å². The van der Waals surface area contributed by atoms with Crippen molar-refractivity contribution in [1.29, 1.82) is 0 Å². The summed E-state index contributed by atoms with van der Waals surface area (Å²) < 4.78 is 12.0. The number of para-hydroxylation sites is 1. The average Bonchev–Trinajstić information content (AvgIpc) is 2.97. The Balaban J connectivity index is 1.59. The van der Waals surface area contributed by atoms with Crippen molar-refractivity contribution in [2.45, 2.75) is 12.3 Å². The third kappa shape index (κ3) is 4.85. The van der Waals surface area contributed by atoms with Gasteiger partial charge in [0.1, 0.15) is 33.8 Å². The van der Waals surface area contributed by atoms with E-state index < -0.39 is 22.8 Å². The highest BCUT2D eigenvalue weighted by Crippen LogP contribution is 2.42. The molecule has 41 heavy (non-hydrogen) atoms. The van der Waals surface area contributed by atoms with Crippen LogP contribution in [-0.4, -0.2) is 59.1 Å². The molecular formula is C32H28N2O7. The van der Waals surface area contributed by atoms with Crippen LogP contribution in [0.3, 0.4) is 0 Å². The van der Waals surface area contributed by atoms with E-state index in [4.69, 9.17) is 8.83 Å². The van der Waals surface area contributed by atoms with Crippen molar-refractivity contribution in [2.75, 3.05) is 33.2 Å². The molecule has 3 aromatic carbocycles. The van der Waals surface area contributed by atoms with Gasteiger partial charge in [0, 0.05) is 67.3 Å². The SMILES string of the molecule is CN1CCN(C(=O)CC(c2coc3ccccc3c2=O)c2c(O)cc(O)c3c(=O)cc(-c4ccccc4)oc23)CC1. The van der Waals surface area contributed by atoms with E-state index in [-0.39, 0.29) is 45.6 Å². The second kappa shape index (κ2) is 10.6. The summed E-state index contributed by atoms with van der Waals surface area (Å²) in [5.41, 5.74) is 0.166. The van der Waals surface area contributed by atoms with E-state index in [0.29, 0.717) is 42.7 Å². The number of aromatic hydroxyl groups is 2. The van der Waals surface area contributed by atoms with Gasteiger partial charge in [0.2, 0.25) is 5.91 Å². The van der Waals surface area contributed by atoms with Crippen molar-refractivity contribution >= 4 is 27.8 Å². The Kier molecular flexibility index (Phi) is 6.80. The molecule has 1 aliphatic heterocycles. The lowest BCUT2D eigenvalue weighted by atomic mass is 9.86. The van der Waals surface area contributed by atoms with Gasteiger partial charge < -0.3 is 28.8 Å². The summed E-state index contributed by atoms with van der Waals surface area (Å²) in [6.45, 7) is 2.45. The van der Waals surface area contributed by atoms with Crippen molar-refractivity contribution in [2.24, 2.45) is 0 Å². The number of likely N-dealkylation sites (N-methyl/N-ethyl adjacent to an activating group) is 1. The van der Waals surface area contributed by atoms with Crippen LogP contribution in [0.25, 0.3) is 33.3 Å². The van der Waals surface area contributed by atoms with Crippen LogP contribution >= 0.6 is 0 Å². The molecule has 0 saturated carbocycles. The molecule has 208 valence electrons. The number of fused-ring (bicyclic) bond motifs is 2. The number of piperazine rings is 1. The second-order valence-electron chi connectivity index (χ2n) is 10.3. The Morgan fingerprint density at radius 2 is 1.63 bits per heavy atom. The molecule has 1 atom stereocenters. The first-order valence-electron chi connectivity index (χ1n) is 13.4. The normalized spacial score (nSPS) is 14.9. The van der Waals surface area contributed by atoms with E-state index in [1.807, 2.05) is 13.1 Å². The molecular weight excluding hydrogens is 524 g/mol. The maximum absolute atomic E-state index is 13.8. The Bertz CT molecular complexity index is 1890. The van der Waals surface area contributed by atoms with Gasteiger partial charge in [0.25, 0.3) is 0 Å². The maximum Gasteiger partial charge on any atom is 0.223 e. The van der Waals surface area contributed by atoms with Crippen LogP contribution in [-0.2, 0) is 4.79 Å². The topological polar surface area (TPSA) is 124 Å². The van der Waals surface area contributed by atoms with E-state index in [2.05, 4.69) is 4.90 Å². The highest BCUT2D eigenvalue weighted by Gasteiger charge is 2.32. The fourth-order valence-electron chi connectivity index (χ4n) is 5.46. The van der Waals surface area contributed by atoms with E-state index >= 15 is 0 Å². The molecule has 2 N–H and O–H groups in total. The summed E-state index contributed by atoms with van der Waals surface area (Å²) >= 11 is 0. The molecule has 1 unspecified atom stereocenters. The minimum atomic E-state index is -1.04. The minimum Gasteiger partial charge on any atom is -0.507 e. The molecule has 0 radical (unpaired) electrons. The average molecular weight is 553 g/mol. The van der Waals surface area contributed by atoms with Gasteiger partial charge in [-0.05, 0) is 19.2 Å². The predicted molar refractivity (Wildman–Crippen MR) is 154 cm³/mol. The van der Waals surface area contributed by atoms with Gasteiger partial charge in [-0.3, -0.25) is 14.4 Å². The van der Waals surface area contributed by atoms with Gasteiger partial charge in [-0.25, -0.2) is 0 Å². The predicted octanol–water partition coefficient (Wildman–Crippen LogP) is 4.27. The Labute approximate surface area is 234 Å². The van der Waals surface area contributed by atoms with Gasteiger partial charge in [-0.15, -0.1) is 0 Å². The zero-order chi connectivity index (χ0) is 28.7. The van der Waals surface area contributed by atoms with Crippen LogP contribution in [0.1, 0.15) is 23.5 Å². The maximum atomic E-state index is 13.8. The molecule has 1 aliphatic rings. The van der Waals surface area contributed by atoms with Crippen molar-refractivity contribution in [3.8, 4) is 22.8 Å². The number of phenolic OH excluding ortho intramolecular Hbond substituents is 2. The number of carbonyl (C=O) groups is 1. The monoisotopic (exact) mass is 552 g/mol. The zero-order valence-electron chi connectivity index (χ0n) is 22.4. The number of phenols is 2. The van der Waals surface area contributed by atoms with Crippen molar-refractivity contribution in [3.05, 3.63) is 105 Å². The van der Waals surface area contributed by atoms with Gasteiger partial charge in [0.05, 0.1) is 11.6 Å².